The molecule has 6 rings (SSSR count). The number of amides is 2. The van der Waals surface area contributed by atoms with E-state index in [1.54, 1.807) is 11.0 Å². The van der Waals surface area contributed by atoms with Gasteiger partial charge in [-0.3, -0.25) is 19.4 Å². The van der Waals surface area contributed by atoms with Crippen LogP contribution in [0.1, 0.15) is 69.9 Å². The van der Waals surface area contributed by atoms with Gasteiger partial charge in [-0.25, -0.2) is 0 Å². The van der Waals surface area contributed by atoms with Crippen LogP contribution in [-0.4, -0.2) is 58.6 Å². The number of ether oxygens (including phenoxy) is 1. The number of aromatic hydroxyl groups is 1. The summed E-state index contributed by atoms with van der Waals surface area (Å²) in [5, 5.41) is 10.2. The maximum atomic E-state index is 14.0. The van der Waals surface area contributed by atoms with Crippen molar-refractivity contribution in [2.45, 2.75) is 77.5 Å². The Morgan fingerprint density at radius 3 is 2.43 bits per heavy atom. The van der Waals surface area contributed by atoms with Crippen LogP contribution in [0.2, 0.25) is 0 Å². The molecule has 2 aromatic carbocycles. The first kappa shape index (κ1) is 28.9. The maximum Gasteiger partial charge on any atom is 0.234 e. The predicted molar refractivity (Wildman–Crippen MR) is 164 cm³/mol. The average molecular weight is 569 g/mol. The topological polar surface area (TPSA) is 70.1 Å². The molecule has 3 aliphatic heterocycles. The van der Waals surface area contributed by atoms with Crippen molar-refractivity contribution >= 4 is 17.9 Å². The molecule has 0 radical (unpaired) electrons. The molecule has 0 saturated carbocycles. The zero-order valence-electron chi connectivity index (χ0n) is 25.0. The highest BCUT2D eigenvalue weighted by Gasteiger charge is 2.58. The Morgan fingerprint density at radius 2 is 1.71 bits per heavy atom. The van der Waals surface area contributed by atoms with Crippen molar-refractivity contribution in [1.29, 1.82) is 0 Å². The van der Waals surface area contributed by atoms with Crippen molar-refractivity contribution in [2.75, 3.05) is 19.7 Å². The molecule has 0 spiro atoms. The van der Waals surface area contributed by atoms with Gasteiger partial charge in [-0.05, 0) is 62.1 Å². The lowest BCUT2D eigenvalue weighted by Crippen LogP contribution is -2.47. The zero-order chi connectivity index (χ0) is 29.2. The summed E-state index contributed by atoms with van der Waals surface area (Å²) in [4.78, 5) is 31.9. The molecular weight excluding hydrogens is 524 g/mol. The minimum atomic E-state index is -0.280. The molecule has 0 bridgehead atoms. The van der Waals surface area contributed by atoms with Crippen LogP contribution in [0, 0.1) is 17.8 Å². The van der Waals surface area contributed by atoms with E-state index >= 15 is 0 Å². The molecule has 6 nitrogen and oxygen atoms in total. The molecule has 1 aliphatic carbocycles. The third-order valence-corrected chi connectivity index (χ3v) is 10.1. The Labute approximate surface area is 250 Å². The highest BCUT2D eigenvalue weighted by atomic mass is 16.5. The molecule has 4 atom stereocenters. The lowest BCUT2D eigenvalue weighted by molar-refractivity contribution is -0.144. The molecule has 42 heavy (non-hydrogen) atoms. The number of allylic oxidation sites excluding steroid dienone is 2. The van der Waals surface area contributed by atoms with Gasteiger partial charge >= 0.3 is 0 Å². The van der Waals surface area contributed by atoms with Gasteiger partial charge in [-0.1, -0.05) is 79.6 Å². The fourth-order valence-corrected chi connectivity index (χ4v) is 7.87. The number of carbonyl (C=O) groups is 2. The fourth-order valence-electron chi connectivity index (χ4n) is 7.87. The highest BCUT2D eigenvalue weighted by Crippen LogP contribution is 2.51. The van der Waals surface area contributed by atoms with Crippen molar-refractivity contribution in [2.24, 2.45) is 17.8 Å². The van der Waals surface area contributed by atoms with Crippen molar-refractivity contribution in [3.05, 3.63) is 82.4 Å². The van der Waals surface area contributed by atoms with Crippen LogP contribution in [0.25, 0.3) is 6.08 Å². The minimum absolute atomic E-state index is 0.000852. The maximum absolute atomic E-state index is 14.0. The van der Waals surface area contributed by atoms with Crippen LogP contribution in [0.5, 0.6) is 5.75 Å². The monoisotopic (exact) mass is 568 g/mol. The molecule has 4 aliphatic rings. The van der Waals surface area contributed by atoms with Gasteiger partial charge in [-0.2, -0.15) is 0 Å². The molecule has 6 heteroatoms. The number of piperidine rings is 1. The van der Waals surface area contributed by atoms with E-state index in [0.717, 1.165) is 63.7 Å². The van der Waals surface area contributed by atoms with Crippen LogP contribution in [0.15, 0.2) is 71.3 Å². The summed E-state index contributed by atoms with van der Waals surface area (Å²) >= 11 is 0. The Balaban J connectivity index is 1.13. The van der Waals surface area contributed by atoms with E-state index in [1.807, 2.05) is 24.3 Å². The molecule has 0 aromatic heterocycles. The third-order valence-electron chi connectivity index (χ3n) is 10.1. The van der Waals surface area contributed by atoms with Gasteiger partial charge in [0, 0.05) is 37.2 Å². The van der Waals surface area contributed by atoms with Crippen LogP contribution >= 0.6 is 0 Å². The molecule has 222 valence electrons. The van der Waals surface area contributed by atoms with Crippen LogP contribution in [0.4, 0.5) is 0 Å². The first-order valence-corrected chi connectivity index (χ1v) is 15.9. The van der Waals surface area contributed by atoms with Crippen molar-refractivity contribution < 1.29 is 19.4 Å². The van der Waals surface area contributed by atoms with E-state index in [-0.39, 0.29) is 41.7 Å². The number of likely N-dealkylation sites (tertiary alicyclic amines) is 2. The van der Waals surface area contributed by atoms with Crippen molar-refractivity contribution in [1.82, 2.24) is 9.80 Å². The smallest absolute Gasteiger partial charge is 0.234 e. The number of hydrogen-bond acceptors (Lipinski definition) is 5. The standard InChI is InChI=1S/C36H44N2O4/c1-3-24(20-27-12-8-9-13-31(27)39)14-15-32-33-26(4-2)21-29-34(30(33)23-42-32)36(41)38(35(29)40)28-16-18-37(19-17-28)22-25-10-6-5-7-11-25/h5-13,20,28-30,32,34,39H,3-4,14-19,21-23H2,1-2H3/b24-20+/t29-,30+,32-,34-/m1/s1. The lowest BCUT2D eigenvalue weighted by atomic mass is 9.69. The van der Waals surface area contributed by atoms with E-state index in [9.17, 15) is 14.7 Å². The van der Waals surface area contributed by atoms with Crippen molar-refractivity contribution in [3.63, 3.8) is 0 Å². The largest absolute Gasteiger partial charge is 0.507 e. The Bertz CT molecular complexity index is 1360. The number of benzene rings is 2. The van der Waals surface area contributed by atoms with E-state index in [1.165, 1.54) is 22.3 Å². The Morgan fingerprint density at radius 1 is 0.976 bits per heavy atom. The summed E-state index contributed by atoms with van der Waals surface area (Å²) in [6.07, 6.45) is 7.98. The molecule has 2 aromatic rings. The quantitative estimate of drug-likeness (QED) is 0.282. The summed E-state index contributed by atoms with van der Waals surface area (Å²) in [5.74, 6) is -0.113. The Hall–Kier alpha value is -3.22. The van der Waals surface area contributed by atoms with E-state index in [4.69, 9.17) is 4.74 Å². The van der Waals surface area contributed by atoms with Crippen molar-refractivity contribution in [3.8, 4) is 5.75 Å². The SMILES string of the molecule is CCC1=C2[C@@H](CC/C(=C/c3ccccc3O)CC)OC[C@@H]2[C@@H]2C(=O)N(C3CCN(Cc4ccccc4)CC3)C(=O)[C@@H]2C1. The summed E-state index contributed by atoms with van der Waals surface area (Å²) < 4.78 is 6.42. The van der Waals surface area contributed by atoms with E-state index in [2.05, 4.69) is 49.1 Å². The van der Waals surface area contributed by atoms with Gasteiger partial charge in [0.15, 0.2) is 0 Å². The third kappa shape index (κ3) is 5.59. The second kappa shape index (κ2) is 12.6. The van der Waals surface area contributed by atoms with E-state index in [0.29, 0.717) is 18.8 Å². The van der Waals surface area contributed by atoms with Gasteiger partial charge in [0.25, 0.3) is 0 Å². The summed E-state index contributed by atoms with van der Waals surface area (Å²) in [6.45, 7) is 7.56. The second-order valence-electron chi connectivity index (χ2n) is 12.5. The Kier molecular flexibility index (Phi) is 8.64. The fraction of sp³-hybridized carbons (Fsp3) is 0.500. The molecule has 0 unspecified atom stereocenters. The molecular formula is C36H44N2O4. The molecule has 3 heterocycles. The number of phenols is 1. The van der Waals surface area contributed by atoms with Gasteiger partial charge in [0.1, 0.15) is 5.75 Å². The van der Waals surface area contributed by atoms with Gasteiger partial charge in [0.05, 0.1) is 24.5 Å². The highest BCUT2D eigenvalue weighted by molar-refractivity contribution is 6.06. The molecule has 2 amide bonds. The van der Waals surface area contributed by atoms with Gasteiger partial charge in [0.2, 0.25) is 11.8 Å². The second-order valence-corrected chi connectivity index (χ2v) is 12.5. The first-order valence-electron chi connectivity index (χ1n) is 15.9. The number of hydrogen-bond donors (Lipinski definition) is 1. The normalized spacial score (nSPS) is 27.1. The van der Waals surface area contributed by atoms with Gasteiger partial charge < -0.3 is 9.84 Å². The van der Waals surface area contributed by atoms with Gasteiger partial charge in [-0.15, -0.1) is 0 Å². The lowest BCUT2D eigenvalue weighted by Gasteiger charge is -2.36. The van der Waals surface area contributed by atoms with Crippen LogP contribution in [-0.2, 0) is 20.9 Å². The van der Waals surface area contributed by atoms with Crippen LogP contribution in [0.3, 0.4) is 0 Å². The number of rotatable bonds is 9. The number of phenolic OH excluding ortho intramolecular Hbond substituents is 1. The van der Waals surface area contributed by atoms with E-state index < -0.39 is 0 Å². The number of carbonyl (C=O) groups excluding carboxylic acids is 2. The van der Waals surface area contributed by atoms with Crippen LogP contribution < -0.4 is 0 Å². The molecule has 3 saturated heterocycles. The first-order chi connectivity index (χ1) is 20.5. The minimum Gasteiger partial charge on any atom is -0.507 e. The average Bonchev–Trinajstić information content (AvgIpc) is 3.54. The molecule has 3 fully saturated rings. The number of nitrogens with zero attached hydrogens (tertiary/aromatic N) is 2. The zero-order valence-corrected chi connectivity index (χ0v) is 25.0. The number of fused-ring (bicyclic) bond motifs is 3. The molecule has 1 N–H and O–H groups in total. The summed E-state index contributed by atoms with van der Waals surface area (Å²) in [6, 6.07) is 17.9. The predicted octanol–water partition coefficient (Wildman–Crippen LogP) is 6.36. The number of imide groups is 1. The number of para-hydroxylation sites is 1. The summed E-state index contributed by atoms with van der Waals surface area (Å²) in [5.41, 5.74) is 6.04. The summed E-state index contributed by atoms with van der Waals surface area (Å²) in [7, 11) is 0.